The molecule has 1 aliphatic rings. The Balaban J connectivity index is 1.54. The molecule has 1 fully saturated rings. The first-order valence-electron chi connectivity index (χ1n) is 17.8. The molecule has 0 spiro atoms. The minimum absolute atomic E-state index is 0.0965. The summed E-state index contributed by atoms with van der Waals surface area (Å²) in [6.45, 7) is 18.7. The fourth-order valence-electron chi connectivity index (χ4n) is 6.30. The highest BCUT2D eigenvalue weighted by atomic mass is 79.9. The highest BCUT2D eigenvalue weighted by Gasteiger charge is 2.31. The second kappa shape index (κ2) is 16.6. The second-order valence-electron chi connectivity index (χ2n) is 15.8. The molecule has 0 amide bonds. The van der Waals surface area contributed by atoms with Crippen molar-refractivity contribution in [2.45, 2.75) is 96.3 Å². The Kier molecular flexibility index (Phi) is 12.7. The lowest BCUT2D eigenvalue weighted by molar-refractivity contribution is -0.144. The molecule has 0 unspecified atom stereocenters. The Morgan fingerprint density at radius 2 is 1.61 bits per heavy atom. The van der Waals surface area contributed by atoms with Gasteiger partial charge in [-0.05, 0) is 78.7 Å². The topological polar surface area (TPSA) is 91.1 Å². The number of para-hydroxylation sites is 1. The number of halogens is 1. The summed E-state index contributed by atoms with van der Waals surface area (Å²) in [7, 11) is -2.53. The number of hydrogen-bond acceptors (Lipinski definition) is 8. The van der Waals surface area contributed by atoms with Gasteiger partial charge in [0.05, 0.1) is 28.5 Å². The summed E-state index contributed by atoms with van der Waals surface area (Å²) in [5, 5.41) is 6.02. The fourth-order valence-corrected chi connectivity index (χ4v) is 8.65. The molecule has 0 saturated heterocycles. The van der Waals surface area contributed by atoms with Crippen molar-refractivity contribution in [3.63, 3.8) is 0 Å². The molecular formula is C37H54BrN5O4Si2. The minimum atomic E-state index is -1.26. The zero-order chi connectivity index (χ0) is 35.2. The molecular weight excluding hydrogens is 715 g/mol. The predicted molar refractivity (Wildman–Crippen MR) is 208 cm³/mol. The van der Waals surface area contributed by atoms with Gasteiger partial charge in [0, 0.05) is 64.4 Å². The van der Waals surface area contributed by atoms with Crippen molar-refractivity contribution in [1.82, 2.24) is 19.6 Å². The van der Waals surface area contributed by atoms with E-state index in [1.165, 1.54) is 0 Å². The summed E-state index contributed by atoms with van der Waals surface area (Å²) >= 11 is 4.05. The first kappa shape index (κ1) is 37.6. The van der Waals surface area contributed by atoms with Gasteiger partial charge >= 0.3 is 5.97 Å². The quantitative estimate of drug-likeness (QED) is 0.0482. The van der Waals surface area contributed by atoms with Crippen molar-refractivity contribution in [1.29, 1.82) is 0 Å². The number of esters is 1. The number of carbonyl (C=O) groups excluding carboxylic acids is 1. The molecule has 3 aromatic heterocycles. The van der Waals surface area contributed by atoms with E-state index in [-0.39, 0.29) is 11.9 Å². The zero-order valence-electron chi connectivity index (χ0n) is 30.4. The number of carbonyl (C=O) groups is 1. The molecule has 0 N–H and O–H groups in total. The van der Waals surface area contributed by atoms with Gasteiger partial charge in [-0.1, -0.05) is 57.5 Å². The lowest BCUT2D eigenvalue weighted by Gasteiger charge is -2.31. The Bertz CT molecular complexity index is 1690. The van der Waals surface area contributed by atoms with Crippen molar-refractivity contribution >= 4 is 60.4 Å². The molecule has 3 heterocycles. The van der Waals surface area contributed by atoms with Gasteiger partial charge < -0.3 is 19.1 Å². The molecule has 0 radical (unpaired) electrons. The minimum Gasteiger partial charge on any atom is -0.466 e. The Morgan fingerprint density at radius 3 is 2.24 bits per heavy atom. The molecule has 0 atom stereocenters. The SMILES string of the molecule is CCOC(=O)CC1CCC(c2nc3c(-c4cnc5ccccc5c4)cnn3c(N(COCC[Si](C)(C)C)COCC[Si](C)(C)C)c2Br)CC1. The standard InChI is InChI=1S/C37H54BrN5O4Si2/c1-8-47-33(44)21-27-13-15-28(16-14-27)35-34(38)37(42(25-45-17-19-48(2,3)4)26-46-18-20-49(5,6)7)43-36(41-35)31(24-40-43)30-22-29-11-9-10-12-32(29)39-23-30/h9-12,22-24,27-28H,8,13-21,25-26H2,1-7H3. The van der Waals surface area contributed by atoms with Gasteiger partial charge in [0.2, 0.25) is 0 Å². The van der Waals surface area contributed by atoms with E-state index in [9.17, 15) is 4.79 Å². The maximum absolute atomic E-state index is 12.3. The van der Waals surface area contributed by atoms with E-state index in [4.69, 9.17) is 29.3 Å². The van der Waals surface area contributed by atoms with Gasteiger partial charge in [-0.25, -0.2) is 4.98 Å². The van der Waals surface area contributed by atoms with Crippen LogP contribution in [0.2, 0.25) is 51.4 Å². The van der Waals surface area contributed by atoms with Crippen LogP contribution in [-0.4, -0.2) is 75.0 Å². The van der Waals surface area contributed by atoms with Crippen LogP contribution in [-0.2, 0) is 19.0 Å². The van der Waals surface area contributed by atoms with Crippen molar-refractivity contribution in [2.75, 3.05) is 38.2 Å². The molecule has 49 heavy (non-hydrogen) atoms. The molecule has 5 rings (SSSR count). The average molecular weight is 769 g/mol. The summed E-state index contributed by atoms with van der Waals surface area (Å²) < 4.78 is 20.9. The van der Waals surface area contributed by atoms with Crippen LogP contribution in [0, 0.1) is 5.92 Å². The van der Waals surface area contributed by atoms with E-state index in [0.29, 0.717) is 45.6 Å². The molecule has 9 nitrogen and oxygen atoms in total. The van der Waals surface area contributed by atoms with Gasteiger partial charge in [0.1, 0.15) is 13.5 Å². The number of pyridine rings is 1. The summed E-state index contributed by atoms with van der Waals surface area (Å²) in [5.74, 6) is 1.36. The van der Waals surface area contributed by atoms with E-state index < -0.39 is 16.1 Å². The first-order chi connectivity index (χ1) is 23.3. The number of nitrogens with zero attached hydrogens (tertiary/aromatic N) is 5. The molecule has 4 aromatic rings. The second-order valence-corrected chi connectivity index (χ2v) is 27.8. The van der Waals surface area contributed by atoms with Crippen LogP contribution >= 0.6 is 15.9 Å². The number of rotatable bonds is 16. The van der Waals surface area contributed by atoms with Crippen LogP contribution in [0.25, 0.3) is 27.7 Å². The average Bonchev–Trinajstić information content (AvgIpc) is 3.47. The van der Waals surface area contributed by atoms with Crippen LogP contribution < -0.4 is 4.90 Å². The Hall–Kier alpha value is -2.65. The van der Waals surface area contributed by atoms with Crippen LogP contribution in [0.15, 0.2) is 47.2 Å². The Labute approximate surface area is 302 Å². The smallest absolute Gasteiger partial charge is 0.306 e. The number of ether oxygens (including phenoxy) is 3. The van der Waals surface area contributed by atoms with Crippen molar-refractivity contribution in [3.05, 3.63) is 52.9 Å². The lowest BCUT2D eigenvalue weighted by atomic mass is 9.79. The largest absolute Gasteiger partial charge is 0.466 e. The van der Waals surface area contributed by atoms with Crippen molar-refractivity contribution in [2.24, 2.45) is 5.92 Å². The predicted octanol–water partition coefficient (Wildman–Crippen LogP) is 9.37. The summed E-state index contributed by atoms with van der Waals surface area (Å²) in [6.07, 6.45) is 8.13. The van der Waals surface area contributed by atoms with E-state index in [1.807, 2.05) is 42.0 Å². The molecule has 12 heteroatoms. The molecule has 0 aliphatic heterocycles. The van der Waals surface area contributed by atoms with Gasteiger partial charge in [-0.3, -0.25) is 9.78 Å². The molecule has 1 aliphatic carbocycles. The first-order valence-corrected chi connectivity index (χ1v) is 26.0. The highest BCUT2D eigenvalue weighted by Crippen LogP contribution is 2.43. The molecule has 0 bridgehead atoms. The van der Waals surface area contributed by atoms with E-state index in [2.05, 4.69) is 72.2 Å². The number of anilines is 1. The summed E-state index contributed by atoms with van der Waals surface area (Å²) in [4.78, 5) is 24.5. The van der Waals surface area contributed by atoms with E-state index >= 15 is 0 Å². The normalized spacial score (nSPS) is 17.1. The summed E-state index contributed by atoms with van der Waals surface area (Å²) in [6, 6.07) is 12.5. The van der Waals surface area contributed by atoms with E-state index in [1.54, 1.807) is 0 Å². The lowest BCUT2D eigenvalue weighted by Crippen LogP contribution is -2.34. The Morgan fingerprint density at radius 1 is 0.959 bits per heavy atom. The summed E-state index contributed by atoms with van der Waals surface area (Å²) in [5.41, 5.74) is 4.66. The number of benzene rings is 1. The maximum Gasteiger partial charge on any atom is 0.306 e. The highest BCUT2D eigenvalue weighted by molar-refractivity contribution is 9.10. The third-order valence-electron chi connectivity index (χ3n) is 9.27. The third-order valence-corrected chi connectivity index (χ3v) is 13.4. The third kappa shape index (κ3) is 10.2. The van der Waals surface area contributed by atoms with Gasteiger partial charge in [0.15, 0.2) is 11.5 Å². The van der Waals surface area contributed by atoms with Crippen molar-refractivity contribution in [3.8, 4) is 11.1 Å². The van der Waals surface area contributed by atoms with Gasteiger partial charge in [-0.2, -0.15) is 9.61 Å². The van der Waals surface area contributed by atoms with Gasteiger partial charge in [0.25, 0.3) is 0 Å². The molecule has 1 saturated carbocycles. The van der Waals surface area contributed by atoms with Crippen molar-refractivity contribution < 1.29 is 19.0 Å². The monoisotopic (exact) mass is 767 g/mol. The zero-order valence-corrected chi connectivity index (χ0v) is 34.0. The molecule has 1 aromatic carbocycles. The number of hydrogen-bond donors (Lipinski definition) is 0. The maximum atomic E-state index is 12.3. The van der Waals surface area contributed by atoms with Crippen LogP contribution in [0.4, 0.5) is 5.82 Å². The number of fused-ring (bicyclic) bond motifs is 2. The van der Waals surface area contributed by atoms with Crippen LogP contribution in [0.3, 0.4) is 0 Å². The van der Waals surface area contributed by atoms with Crippen LogP contribution in [0.1, 0.15) is 50.6 Å². The molecule has 266 valence electrons. The number of aromatic nitrogens is 4. The van der Waals surface area contributed by atoms with E-state index in [0.717, 1.165) is 81.4 Å². The van der Waals surface area contributed by atoms with Gasteiger partial charge in [-0.15, -0.1) is 0 Å². The van der Waals surface area contributed by atoms with Crippen LogP contribution in [0.5, 0.6) is 0 Å². The fraction of sp³-hybridized carbons (Fsp3) is 0.568.